The first-order chi connectivity index (χ1) is 18.2. The smallest absolute Gasteiger partial charge is 0.422 e. The van der Waals surface area contributed by atoms with Crippen LogP contribution >= 0.6 is 0 Å². The van der Waals surface area contributed by atoms with E-state index in [4.69, 9.17) is 9.47 Å². The molecule has 11 heteroatoms. The highest BCUT2D eigenvalue weighted by molar-refractivity contribution is 6.02. The van der Waals surface area contributed by atoms with Gasteiger partial charge in [-0.3, -0.25) is 0 Å². The number of benzene rings is 3. The van der Waals surface area contributed by atoms with Crippen molar-refractivity contribution in [3.05, 3.63) is 75.9 Å². The Morgan fingerprint density at radius 2 is 1.56 bits per heavy atom. The maximum absolute atomic E-state index is 14.9. The number of halogens is 7. The number of methoxy groups -OCH3 is 1. The zero-order chi connectivity index (χ0) is 28.6. The maximum atomic E-state index is 14.9. The minimum Gasteiger partial charge on any atom is -0.504 e. The van der Waals surface area contributed by atoms with Crippen molar-refractivity contribution in [2.75, 3.05) is 12.4 Å². The Morgan fingerprint density at radius 1 is 0.923 bits per heavy atom. The number of ether oxygens (including phenoxy) is 2. The van der Waals surface area contributed by atoms with Crippen LogP contribution in [-0.4, -0.2) is 17.8 Å². The van der Waals surface area contributed by atoms with Gasteiger partial charge in [0.15, 0.2) is 34.8 Å². The number of rotatable bonds is 2. The average Bonchev–Trinajstić information content (AvgIpc) is 2.83. The monoisotopic (exact) mass is 551 g/mol. The van der Waals surface area contributed by atoms with Gasteiger partial charge in [-0.15, -0.1) is 0 Å². The van der Waals surface area contributed by atoms with E-state index in [1.807, 2.05) is 19.9 Å². The highest BCUT2D eigenvalue weighted by Gasteiger charge is 2.42. The van der Waals surface area contributed by atoms with Crippen molar-refractivity contribution in [1.29, 1.82) is 0 Å². The van der Waals surface area contributed by atoms with Crippen molar-refractivity contribution in [3.63, 3.8) is 0 Å². The summed E-state index contributed by atoms with van der Waals surface area (Å²) in [6, 6.07) is 5.95. The molecular weight excluding hydrogens is 531 g/mol. The Morgan fingerprint density at radius 3 is 2.15 bits per heavy atom. The number of hydrogen-bond acceptors (Lipinski definition) is 4. The van der Waals surface area contributed by atoms with Crippen LogP contribution < -0.4 is 14.8 Å². The summed E-state index contributed by atoms with van der Waals surface area (Å²) < 4.78 is 109. The summed E-state index contributed by atoms with van der Waals surface area (Å²) in [4.78, 5) is 0. The van der Waals surface area contributed by atoms with Crippen LogP contribution in [0.1, 0.15) is 43.0 Å². The molecule has 0 saturated carbocycles. The van der Waals surface area contributed by atoms with Gasteiger partial charge in [-0.2, -0.15) is 13.2 Å². The molecule has 4 nitrogen and oxygen atoms in total. The second-order valence-corrected chi connectivity index (χ2v) is 9.73. The fourth-order valence-electron chi connectivity index (χ4n) is 5.10. The first-order valence-electron chi connectivity index (χ1n) is 11.5. The second kappa shape index (κ2) is 8.69. The van der Waals surface area contributed by atoms with Crippen molar-refractivity contribution in [2.45, 2.75) is 32.5 Å². The van der Waals surface area contributed by atoms with Crippen molar-refractivity contribution >= 4 is 23.1 Å². The van der Waals surface area contributed by atoms with Gasteiger partial charge in [-0.05, 0) is 50.6 Å². The molecule has 0 radical (unpaired) electrons. The molecule has 2 aliphatic heterocycles. The third-order valence-electron chi connectivity index (χ3n) is 6.53. The number of phenols is 1. The summed E-state index contributed by atoms with van der Waals surface area (Å²) in [5, 5.41) is 13.7. The van der Waals surface area contributed by atoms with Gasteiger partial charge in [-0.25, -0.2) is 17.6 Å². The topological polar surface area (TPSA) is 50.7 Å². The zero-order valence-electron chi connectivity index (χ0n) is 20.9. The molecule has 204 valence electrons. The van der Waals surface area contributed by atoms with Crippen LogP contribution in [0, 0.1) is 23.3 Å². The minimum absolute atomic E-state index is 0.0301. The van der Waals surface area contributed by atoms with Gasteiger partial charge in [-0.1, -0.05) is 12.1 Å². The Kier molecular flexibility index (Phi) is 5.89. The van der Waals surface area contributed by atoms with Crippen LogP contribution in [0.25, 0.3) is 28.5 Å². The quantitative estimate of drug-likeness (QED) is 0.249. The van der Waals surface area contributed by atoms with Crippen LogP contribution in [0.5, 0.6) is 17.2 Å². The molecule has 2 heterocycles. The summed E-state index contributed by atoms with van der Waals surface area (Å²) in [6.07, 6.45) is -3.18. The molecule has 0 spiro atoms. The summed E-state index contributed by atoms with van der Waals surface area (Å²) in [5.74, 6) is -10.1. The lowest BCUT2D eigenvalue weighted by molar-refractivity contribution is -0.143. The lowest BCUT2D eigenvalue weighted by Crippen LogP contribution is -2.32. The Balaban J connectivity index is 1.86. The first kappa shape index (κ1) is 26.5. The molecule has 3 aromatic carbocycles. The fraction of sp³-hybridized carbons (Fsp3) is 0.214. The summed E-state index contributed by atoms with van der Waals surface area (Å²) in [6.45, 7) is 5.58. The normalized spacial score (nSPS) is 16.5. The van der Waals surface area contributed by atoms with E-state index in [1.54, 1.807) is 19.1 Å². The van der Waals surface area contributed by atoms with E-state index in [9.17, 15) is 35.8 Å². The van der Waals surface area contributed by atoms with Crippen molar-refractivity contribution in [3.8, 4) is 28.4 Å². The van der Waals surface area contributed by atoms with Crippen molar-refractivity contribution < 1.29 is 45.3 Å². The molecule has 3 aromatic rings. The first-order valence-corrected chi connectivity index (χ1v) is 11.5. The van der Waals surface area contributed by atoms with Crippen LogP contribution in [-0.2, 0) is 6.18 Å². The summed E-state index contributed by atoms with van der Waals surface area (Å²) >= 11 is 0. The molecule has 0 aliphatic carbocycles. The van der Waals surface area contributed by atoms with Gasteiger partial charge in [0.1, 0.15) is 17.1 Å². The fourth-order valence-corrected chi connectivity index (χ4v) is 5.10. The predicted octanol–water partition coefficient (Wildman–Crippen LogP) is 8.14. The van der Waals surface area contributed by atoms with E-state index in [-0.39, 0.29) is 34.1 Å². The molecule has 0 atom stereocenters. The standard InChI is InChI=1S/C28H20F7NO3/c1-11-10-27(2,3)36-14-6-5-12-19(18(11)14)17(39-16-8-7-15(37)26(38-4)20(12)16)9-13-22(29)24(31)21(28(33,34)35)25(32)23(13)30/h5-10,36-37H,1-4H3/b17-9-. The lowest BCUT2D eigenvalue weighted by atomic mass is 9.82. The van der Waals surface area contributed by atoms with Gasteiger partial charge in [0, 0.05) is 22.4 Å². The van der Waals surface area contributed by atoms with Crippen molar-refractivity contribution in [1.82, 2.24) is 0 Å². The predicted molar refractivity (Wildman–Crippen MR) is 131 cm³/mol. The molecule has 2 aliphatic rings. The van der Waals surface area contributed by atoms with Crippen LogP contribution in [0.15, 0.2) is 30.3 Å². The average molecular weight is 551 g/mol. The number of nitrogens with one attached hydrogen (secondary N) is 1. The third kappa shape index (κ3) is 4.07. The molecule has 39 heavy (non-hydrogen) atoms. The van der Waals surface area contributed by atoms with E-state index in [0.29, 0.717) is 28.5 Å². The molecule has 5 rings (SSSR count). The molecule has 0 unspecified atom stereocenters. The molecule has 2 N–H and O–H groups in total. The molecular formula is C28H20F7NO3. The molecule has 0 aromatic heterocycles. The largest absolute Gasteiger partial charge is 0.504 e. The molecule has 0 saturated heterocycles. The highest BCUT2D eigenvalue weighted by atomic mass is 19.4. The number of anilines is 1. The highest BCUT2D eigenvalue weighted by Crippen LogP contribution is 2.54. The van der Waals surface area contributed by atoms with E-state index in [2.05, 4.69) is 5.32 Å². The minimum atomic E-state index is -5.67. The SMILES string of the molecule is COc1c(O)ccc2c1-c1ccc3c(c1/C(=C/c1c(F)c(F)c(C(F)(F)F)c(F)c1F)O2)C(C)=CC(C)(C)N3. The maximum Gasteiger partial charge on any atom is 0.422 e. The molecule has 0 bridgehead atoms. The molecule has 0 amide bonds. The number of allylic oxidation sites excluding steroid dienone is 1. The Hall–Kier alpha value is -4.15. The van der Waals surface area contributed by atoms with Crippen molar-refractivity contribution in [2.24, 2.45) is 0 Å². The van der Waals surface area contributed by atoms with E-state index in [1.165, 1.54) is 19.2 Å². The van der Waals surface area contributed by atoms with Gasteiger partial charge >= 0.3 is 6.18 Å². The zero-order valence-corrected chi connectivity index (χ0v) is 20.9. The Labute approximate surface area is 218 Å². The number of alkyl halides is 3. The van der Waals surface area contributed by atoms with Gasteiger partial charge < -0.3 is 19.9 Å². The number of aromatic hydroxyl groups is 1. The third-order valence-corrected chi connectivity index (χ3v) is 6.53. The van der Waals surface area contributed by atoms with E-state index in [0.717, 1.165) is 0 Å². The number of fused-ring (bicyclic) bond motifs is 5. The summed E-state index contributed by atoms with van der Waals surface area (Å²) in [7, 11) is 1.31. The molecule has 0 fully saturated rings. The summed E-state index contributed by atoms with van der Waals surface area (Å²) in [5.41, 5.74) is -1.89. The second-order valence-electron chi connectivity index (χ2n) is 9.73. The van der Waals surface area contributed by atoms with Gasteiger partial charge in [0.2, 0.25) is 0 Å². The van der Waals surface area contributed by atoms with Crippen LogP contribution in [0.2, 0.25) is 0 Å². The number of phenolic OH excluding ortho intramolecular Hbond substituents is 1. The Bertz CT molecular complexity index is 1590. The van der Waals surface area contributed by atoms with E-state index < -0.39 is 46.1 Å². The number of hydrogen-bond donors (Lipinski definition) is 2. The van der Waals surface area contributed by atoms with Crippen LogP contribution in [0.3, 0.4) is 0 Å². The lowest BCUT2D eigenvalue weighted by Gasteiger charge is -2.35. The van der Waals surface area contributed by atoms with Crippen LogP contribution in [0.4, 0.5) is 36.4 Å². The van der Waals surface area contributed by atoms with Gasteiger partial charge in [0.05, 0.1) is 23.8 Å². The van der Waals surface area contributed by atoms with E-state index >= 15 is 0 Å². The van der Waals surface area contributed by atoms with Gasteiger partial charge in [0.25, 0.3) is 0 Å².